The molecule has 6 nitrogen and oxygen atoms in total. The van der Waals surface area contributed by atoms with Gasteiger partial charge in [0.15, 0.2) is 0 Å². The predicted molar refractivity (Wildman–Crippen MR) is 154 cm³/mol. The van der Waals surface area contributed by atoms with Crippen LogP contribution in [-0.2, 0) is 11.2 Å². The Labute approximate surface area is 224 Å². The monoisotopic (exact) mass is 501 g/mol. The van der Waals surface area contributed by atoms with Crippen molar-refractivity contribution in [2.45, 2.75) is 67.0 Å². The lowest BCUT2D eigenvalue weighted by Crippen LogP contribution is -2.51. The van der Waals surface area contributed by atoms with E-state index in [1.54, 1.807) is 6.08 Å². The van der Waals surface area contributed by atoms with Gasteiger partial charge in [0.05, 0.1) is 17.4 Å². The quantitative estimate of drug-likeness (QED) is 0.386. The molecule has 0 N–H and O–H groups in total. The number of fused-ring (bicyclic) bond motifs is 1. The number of imidazole rings is 1. The number of aryl methyl sites for hydroxylation is 2. The van der Waals surface area contributed by atoms with Crippen molar-refractivity contribution in [3.05, 3.63) is 83.8 Å². The van der Waals surface area contributed by atoms with Gasteiger partial charge < -0.3 is 14.2 Å². The molecule has 2 aliphatic heterocycles. The number of rotatable bonds is 6. The SMILES string of the molecule is CC.[CH]=C=CCN1CCN(C2=CN(C(=O)/C=C(\C)c3cc(CC)c4nc(C)cn4c3)C(C)C=C2)C[C@H]1C.[H]. The van der Waals surface area contributed by atoms with Crippen LogP contribution < -0.4 is 0 Å². The van der Waals surface area contributed by atoms with Crippen molar-refractivity contribution in [1.29, 1.82) is 0 Å². The Morgan fingerprint density at radius 3 is 2.70 bits per heavy atom. The molecule has 6 heteroatoms. The summed E-state index contributed by atoms with van der Waals surface area (Å²) < 4.78 is 2.07. The summed E-state index contributed by atoms with van der Waals surface area (Å²) in [6.45, 7) is 23.4. The van der Waals surface area contributed by atoms with Gasteiger partial charge in [-0.2, -0.15) is 0 Å². The van der Waals surface area contributed by atoms with Crippen LogP contribution in [0.25, 0.3) is 11.2 Å². The van der Waals surface area contributed by atoms with Crippen LogP contribution in [0, 0.1) is 13.5 Å². The fourth-order valence-corrected chi connectivity index (χ4v) is 4.87. The Morgan fingerprint density at radius 2 is 2.03 bits per heavy atom. The van der Waals surface area contributed by atoms with Gasteiger partial charge in [-0.15, -0.1) is 5.73 Å². The molecule has 0 bridgehead atoms. The van der Waals surface area contributed by atoms with Crippen LogP contribution in [0.2, 0.25) is 0 Å². The van der Waals surface area contributed by atoms with E-state index in [9.17, 15) is 4.79 Å². The molecule has 2 aromatic heterocycles. The number of amides is 1. The lowest BCUT2D eigenvalue weighted by Gasteiger charge is -2.42. The topological polar surface area (TPSA) is 44.1 Å². The summed E-state index contributed by atoms with van der Waals surface area (Å²) in [5.41, 5.74) is 8.85. The van der Waals surface area contributed by atoms with E-state index in [4.69, 9.17) is 6.58 Å². The van der Waals surface area contributed by atoms with Crippen molar-refractivity contribution >= 4 is 17.1 Å². The second-order valence-electron chi connectivity index (χ2n) is 9.61. The van der Waals surface area contributed by atoms with Crippen LogP contribution in [-0.4, -0.2) is 68.3 Å². The standard InChI is InChI=1S/C29H36N5O.C2H6.H/c1-7-9-12-31-13-14-32(18-24(31)6)27-11-10-23(5)34(20-27)28(35)15-21(3)26-16-25(8-2)29-30-22(4)17-33(29)19-26;1-2;/h1,9-11,15-17,19-20,23-24H,8,12-14,18H2,2-6H3;1-2H3;/b21-15+;;/t7?,23?,24-;;/m1../s1. The maximum atomic E-state index is 13.4. The second-order valence-corrected chi connectivity index (χ2v) is 9.61. The Bertz CT molecular complexity index is 1250. The number of aromatic nitrogens is 2. The summed E-state index contributed by atoms with van der Waals surface area (Å²) in [5.74, 6) is -0.00730. The summed E-state index contributed by atoms with van der Waals surface area (Å²) >= 11 is 0. The van der Waals surface area contributed by atoms with Gasteiger partial charge in [-0.05, 0) is 75.6 Å². The second kappa shape index (κ2) is 12.8. The van der Waals surface area contributed by atoms with Gasteiger partial charge in [0.2, 0.25) is 0 Å². The lowest BCUT2D eigenvalue weighted by molar-refractivity contribution is -0.124. The normalized spacial score (nSPS) is 20.3. The molecule has 0 aliphatic carbocycles. The maximum Gasteiger partial charge on any atom is 0.251 e. The minimum absolute atomic E-state index is 0. The van der Waals surface area contributed by atoms with Crippen LogP contribution in [0.1, 0.15) is 59.8 Å². The molecule has 37 heavy (non-hydrogen) atoms. The third kappa shape index (κ3) is 6.51. The minimum atomic E-state index is -0.00730. The van der Waals surface area contributed by atoms with E-state index in [1.807, 2.05) is 51.1 Å². The first-order valence-electron chi connectivity index (χ1n) is 13.5. The zero-order valence-electron chi connectivity index (χ0n) is 24.5. The first kappa shape index (κ1) is 28.2. The molecule has 0 spiro atoms. The zero-order valence-corrected chi connectivity index (χ0v) is 23.5. The molecule has 0 aromatic carbocycles. The largest absolute Gasteiger partial charge is 0.368 e. The molecule has 4 rings (SSSR count). The summed E-state index contributed by atoms with van der Waals surface area (Å²) in [6.07, 6.45) is 14.9. The maximum absolute atomic E-state index is 13.4. The number of carbonyl (C=O) groups excluding carboxylic acids is 1. The van der Waals surface area contributed by atoms with Gasteiger partial charge in [0.1, 0.15) is 5.65 Å². The molecule has 0 saturated carbocycles. The van der Waals surface area contributed by atoms with E-state index >= 15 is 0 Å². The average molecular weight is 502 g/mol. The number of pyridine rings is 1. The van der Waals surface area contributed by atoms with E-state index < -0.39 is 0 Å². The third-order valence-electron chi connectivity index (χ3n) is 7.01. The molecule has 1 fully saturated rings. The van der Waals surface area contributed by atoms with Gasteiger partial charge in [-0.3, -0.25) is 9.69 Å². The molecule has 198 valence electrons. The zero-order chi connectivity index (χ0) is 27.1. The summed E-state index contributed by atoms with van der Waals surface area (Å²) in [6, 6.07) is 2.55. The van der Waals surface area contributed by atoms with Crippen molar-refractivity contribution in [2.75, 3.05) is 26.2 Å². The molecule has 1 amide bonds. The highest BCUT2D eigenvalue weighted by atomic mass is 16.2. The molecule has 2 aromatic rings. The first-order chi connectivity index (χ1) is 17.8. The van der Waals surface area contributed by atoms with E-state index in [2.05, 4.69) is 70.1 Å². The Hall–Kier alpha value is -3.34. The summed E-state index contributed by atoms with van der Waals surface area (Å²) in [7, 11) is 0. The molecule has 1 unspecified atom stereocenters. The van der Waals surface area contributed by atoms with Gasteiger partial charge in [0, 0.05) is 58.3 Å². The molecule has 2 atom stereocenters. The number of allylic oxidation sites excluding steroid dienone is 2. The van der Waals surface area contributed by atoms with Crippen molar-refractivity contribution < 1.29 is 6.22 Å². The van der Waals surface area contributed by atoms with Crippen molar-refractivity contribution in [2.24, 2.45) is 0 Å². The fourth-order valence-electron chi connectivity index (χ4n) is 4.87. The highest BCUT2D eigenvalue weighted by Gasteiger charge is 2.26. The highest BCUT2D eigenvalue weighted by Crippen LogP contribution is 2.24. The van der Waals surface area contributed by atoms with Gasteiger partial charge >= 0.3 is 0 Å². The molecule has 1 saturated heterocycles. The summed E-state index contributed by atoms with van der Waals surface area (Å²) in [4.78, 5) is 24.6. The Morgan fingerprint density at radius 1 is 1.27 bits per heavy atom. The Kier molecular flexibility index (Phi) is 9.73. The van der Waals surface area contributed by atoms with Crippen LogP contribution in [0.4, 0.5) is 0 Å². The Balaban J connectivity index is 0.00000165. The van der Waals surface area contributed by atoms with Gasteiger partial charge in [-0.1, -0.05) is 26.8 Å². The molecule has 2 radical (unpaired) electrons. The van der Waals surface area contributed by atoms with Crippen LogP contribution >= 0.6 is 0 Å². The molecule has 4 heterocycles. The number of nitrogens with zero attached hydrogens (tertiary/aromatic N) is 5. The number of hydrogen-bond donors (Lipinski definition) is 0. The fraction of sp³-hybridized carbons (Fsp3) is 0.452. The van der Waals surface area contributed by atoms with E-state index in [-0.39, 0.29) is 13.4 Å². The van der Waals surface area contributed by atoms with E-state index in [1.165, 1.54) is 5.56 Å². The summed E-state index contributed by atoms with van der Waals surface area (Å²) in [5, 5.41) is 0. The number of hydrogen-bond acceptors (Lipinski definition) is 4. The van der Waals surface area contributed by atoms with Crippen molar-refractivity contribution in [3.63, 3.8) is 0 Å². The lowest BCUT2D eigenvalue weighted by atomic mass is 10.0. The smallest absolute Gasteiger partial charge is 0.251 e. The third-order valence-corrected chi connectivity index (χ3v) is 7.01. The van der Waals surface area contributed by atoms with Crippen molar-refractivity contribution in [1.82, 2.24) is 24.1 Å². The minimum Gasteiger partial charge on any atom is -0.368 e. The molecular weight excluding hydrogens is 458 g/mol. The predicted octanol–water partition coefficient (Wildman–Crippen LogP) is 5.53. The first-order valence-corrected chi connectivity index (χ1v) is 13.5. The van der Waals surface area contributed by atoms with Crippen LogP contribution in [0.5, 0.6) is 0 Å². The molecule has 2 aliphatic rings. The number of carbonyl (C=O) groups is 1. The van der Waals surface area contributed by atoms with Crippen molar-refractivity contribution in [3.8, 4) is 0 Å². The van der Waals surface area contributed by atoms with E-state index in [0.717, 1.165) is 60.8 Å². The highest BCUT2D eigenvalue weighted by molar-refractivity contribution is 5.96. The molecular formula is C31H43N5O. The van der Waals surface area contributed by atoms with Gasteiger partial charge in [0.25, 0.3) is 5.91 Å². The van der Waals surface area contributed by atoms with Crippen LogP contribution in [0.15, 0.2) is 60.4 Å². The van der Waals surface area contributed by atoms with Crippen LogP contribution in [0.3, 0.4) is 0 Å². The van der Waals surface area contributed by atoms with E-state index in [0.29, 0.717) is 6.04 Å². The van der Waals surface area contributed by atoms with Gasteiger partial charge in [-0.25, -0.2) is 4.98 Å². The average Bonchev–Trinajstić information content (AvgIpc) is 3.28. The number of piperazine rings is 1.